The van der Waals surface area contributed by atoms with Crippen LogP contribution in [0.5, 0.6) is 0 Å². The van der Waals surface area contributed by atoms with Crippen LogP contribution >= 0.6 is 22.6 Å². The molecule has 0 aromatic heterocycles. The highest BCUT2D eigenvalue weighted by Crippen LogP contribution is 2.08. The standard InChI is InChI=1S/C9H11IOS/c1-12(11)9-4-2-8(3-5-9)6-7-10/h2-5H,6-7H2,1H3. The summed E-state index contributed by atoms with van der Waals surface area (Å²) >= 11 is 2.35. The summed E-state index contributed by atoms with van der Waals surface area (Å²) in [5.74, 6) is 0. The summed E-state index contributed by atoms with van der Waals surface area (Å²) in [7, 11) is -0.843. The molecule has 66 valence electrons. The van der Waals surface area contributed by atoms with E-state index in [2.05, 4.69) is 34.7 Å². The van der Waals surface area contributed by atoms with Crippen LogP contribution in [0.3, 0.4) is 0 Å². The molecule has 0 spiro atoms. The number of benzene rings is 1. The van der Waals surface area contributed by atoms with Gasteiger partial charge in [0.1, 0.15) is 0 Å². The Morgan fingerprint density at radius 2 is 1.92 bits per heavy atom. The predicted molar refractivity (Wildman–Crippen MR) is 61.4 cm³/mol. The summed E-state index contributed by atoms with van der Waals surface area (Å²) in [5.41, 5.74) is 1.32. The molecular formula is C9H11IOS. The summed E-state index contributed by atoms with van der Waals surface area (Å²) in [6, 6.07) is 7.99. The molecule has 1 aromatic carbocycles. The van der Waals surface area contributed by atoms with Gasteiger partial charge >= 0.3 is 0 Å². The molecule has 0 saturated carbocycles. The molecule has 0 saturated heterocycles. The topological polar surface area (TPSA) is 17.1 Å². The number of aryl methyl sites for hydroxylation is 1. The van der Waals surface area contributed by atoms with Crippen LogP contribution in [-0.2, 0) is 17.2 Å². The van der Waals surface area contributed by atoms with E-state index in [-0.39, 0.29) is 0 Å². The molecule has 0 bridgehead atoms. The van der Waals surface area contributed by atoms with Crippen molar-refractivity contribution in [2.45, 2.75) is 11.3 Å². The van der Waals surface area contributed by atoms with Crippen molar-refractivity contribution in [3.63, 3.8) is 0 Å². The lowest BCUT2D eigenvalue weighted by atomic mass is 10.2. The van der Waals surface area contributed by atoms with Gasteiger partial charge in [-0.25, -0.2) is 0 Å². The zero-order chi connectivity index (χ0) is 8.97. The second-order valence-corrected chi connectivity index (χ2v) is 5.00. The molecule has 1 nitrogen and oxygen atoms in total. The fourth-order valence-corrected chi connectivity index (χ4v) is 2.10. The van der Waals surface area contributed by atoms with Crippen LogP contribution in [0.1, 0.15) is 5.56 Å². The third-order valence-electron chi connectivity index (χ3n) is 1.64. The van der Waals surface area contributed by atoms with Crippen molar-refractivity contribution in [2.75, 3.05) is 10.7 Å². The Morgan fingerprint density at radius 3 is 2.33 bits per heavy atom. The molecule has 0 aliphatic carbocycles. The van der Waals surface area contributed by atoms with Gasteiger partial charge in [0, 0.05) is 26.4 Å². The van der Waals surface area contributed by atoms with Crippen molar-refractivity contribution >= 4 is 33.4 Å². The van der Waals surface area contributed by atoms with E-state index in [9.17, 15) is 4.21 Å². The lowest BCUT2D eigenvalue weighted by Crippen LogP contribution is -1.89. The van der Waals surface area contributed by atoms with Crippen molar-refractivity contribution in [3.8, 4) is 0 Å². The first kappa shape index (κ1) is 10.2. The molecule has 1 rings (SSSR count). The van der Waals surface area contributed by atoms with Crippen molar-refractivity contribution in [1.29, 1.82) is 0 Å². The molecule has 1 aromatic rings. The maximum Gasteiger partial charge on any atom is 0.0498 e. The van der Waals surface area contributed by atoms with E-state index in [4.69, 9.17) is 0 Å². The predicted octanol–water partition coefficient (Wildman–Crippen LogP) is 2.40. The molecule has 3 heteroatoms. The van der Waals surface area contributed by atoms with Crippen LogP contribution in [-0.4, -0.2) is 14.9 Å². The molecule has 0 radical (unpaired) electrons. The number of hydrogen-bond donors (Lipinski definition) is 0. The Balaban J connectivity index is 2.78. The highest BCUT2D eigenvalue weighted by Gasteiger charge is 1.96. The fraction of sp³-hybridized carbons (Fsp3) is 0.333. The highest BCUT2D eigenvalue weighted by molar-refractivity contribution is 14.1. The van der Waals surface area contributed by atoms with Gasteiger partial charge in [0.2, 0.25) is 0 Å². The summed E-state index contributed by atoms with van der Waals surface area (Å²) < 4.78 is 12.2. The Bertz CT molecular complexity index is 268. The lowest BCUT2D eigenvalue weighted by Gasteiger charge is -1.99. The van der Waals surface area contributed by atoms with Crippen LogP contribution in [0.4, 0.5) is 0 Å². The SMILES string of the molecule is CS(=O)c1ccc(CCI)cc1. The van der Waals surface area contributed by atoms with E-state index in [0.29, 0.717) is 0 Å². The molecule has 12 heavy (non-hydrogen) atoms. The normalized spacial score (nSPS) is 12.8. The molecule has 0 aliphatic heterocycles. The van der Waals surface area contributed by atoms with E-state index >= 15 is 0 Å². The van der Waals surface area contributed by atoms with Gasteiger partial charge in [-0.1, -0.05) is 34.7 Å². The molecule has 1 atom stereocenters. The van der Waals surface area contributed by atoms with Crippen LogP contribution in [0.15, 0.2) is 29.2 Å². The van der Waals surface area contributed by atoms with E-state index in [0.717, 1.165) is 15.7 Å². The maximum atomic E-state index is 11.0. The molecule has 0 N–H and O–H groups in total. The van der Waals surface area contributed by atoms with Crippen molar-refractivity contribution in [1.82, 2.24) is 0 Å². The van der Waals surface area contributed by atoms with Gasteiger partial charge in [0.15, 0.2) is 0 Å². The quantitative estimate of drug-likeness (QED) is 0.618. The Morgan fingerprint density at radius 1 is 1.33 bits per heavy atom. The van der Waals surface area contributed by atoms with E-state index in [1.165, 1.54) is 5.56 Å². The summed E-state index contributed by atoms with van der Waals surface area (Å²) in [5, 5.41) is 0. The second kappa shape index (κ2) is 4.97. The van der Waals surface area contributed by atoms with E-state index in [1.54, 1.807) is 6.26 Å². The van der Waals surface area contributed by atoms with E-state index < -0.39 is 10.8 Å². The lowest BCUT2D eigenvalue weighted by molar-refractivity contribution is 0.687. The monoisotopic (exact) mass is 294 g/mol. The number of alkyl halides is 1. The van der Waals surface area contributed by atoms with Crippen molar-refractivity contribution in [2.24, 2.45) is 0 Å². The molecule has 1 unspecified atom stereocenters. The minimum absolute atomic E-state index is 0.843. The largest absolute Gasteiger partial charge is 0.255 e. The second-order valence-electron chi connectivity index (χ2n) is 2.54. The van der Waals surface area contributed by atoms with Gasteiger partial charge in [-0.3, -0.25) is 4.21 Å². The molecule has 0 heterocycles. The number of rotatable bonds is 3. The van der Waals surface area contributed by atoms with Gasteiger partial charge in [-0.2, -0.15) is 0 Å². The van der Waals surface area contributed by atoms with Gasteiger partial charge in [-0.15, -0.1) is 0 Å². The van der Waals surface area contributed by atoms with Gasteiger partial charge < -0.3 is 0 Å². The third-order valence-corrected chi connectivity index (χ3v) is 3.11. The van der Waals surface area contributed by atoms with Crippen molar-refractivity contribution in [3.05, 3.63) is 29.8 Å². The first-order valence-electron chi connectivity index (χ1n) is 3.72. The Kier molecular flexibility index (Phi) is 4.21. The molecule has 0 amide bonds. The first-order valence-corrected chi connectivity index (χ1v) is 6.80. The Hall–Kier alpha value is 0.1000. The maximum absolute atomic E-state index is 11.0. The van der Waals surface area contributed by atoms with E-state index in [1.807, 2.05) is 12.1 Å². The zero-order valence-corrected chi connectivity index (χ0v) is 9.89. The third kappa shape index (κ3) is 2.86. The fourth-order valence-electron chi connectivity index (χ4n) is 0.957. The molecule has 0 aliphatic rings. The highest BCUT2D eigenvalue weighted by atomic mass is 127. The van der Waals surface area contributed by atoms with Gasteiger partial charge in [-0.05, 0) is 24.1 Å². The summed E-state index contributed by atoms with van der Waals surface area (Å²) in [6.45, 7) is 0. The van der Waals surface area contributed by atoms with Gasteiger partial charge in [0.25, 0.3) is 0 Å². The van der Waals surface area contributed by atoms with Crippen LogP contribution in [0.2, 0.25) is 0 Å². The average Bonchev–Trinajstić information content (AvgIpc) is 2.06. The van der Waals surface area contributed by atoms with Gasteiger partial charge in [0.05, 0.1) is 0 Å². The smallest absolute Gasteiger partial charge is 0.0498 e. The zero-order valence-electron chi connectivity index (χ0n) is 6.92. The molecule has 0 fully saturated rings. The average molecular weight is 294 g/mol. The number of hydrogen-bond acceptors (Lipinski definition) is 1. The minimum Gasteiger partial charge on any atom is -0.255 e. The summed E-state index contributed by atoms with van der Waals surface area (Å²) in [6.07, 6.45) is 2.80. The minimum atomic E-state index is -0.843. The van der Waals surface area contributed by atoms with Crippen LogP contribution in [0, 0.1) is 0 Å². The molecular weight excluding hydrogens is 283 g/mol. The number of halogens is 1. The van der Waals surface area contributed by atoms with Crippen LogP contribution < -0.4 is 0 Å². The Labute approximate surface area is 89.2 Å². The first-order chi connectivity index (χ1) is 5.74. The van der Waals surface area contributed by atoms with Crippen LogP contribution in [0.25, 0.3) is 0 Å². The van der Waals surface area contributed by atoms with Crippen molar-refractivity contribution < 1.29 is 4.21 Å². The summed E-state index contributed by atoms with van der Waals surface area (Å²) in [4.78, 5) is 0.909.